The first-order chi connectivity index (χ1) is 16.0. The molecule has 0 saturated carbocycles. The Kier molecular flexibility index (Phi) is 7.08. The second kappa shape index (κ2) is 10.3. The SMILES string of the molecule is CCc1cnc(N2CCN(C(=O)CCOCCn3cnc4ccc(C(N)=O)nc43)CC2)nc1. The normalized spacial score (nSPS) is 14.1. The average Bonchev–Trinajstić information content (AvgIpc) is 3.26. The number of hydrogen-bond acceptors (Lipinski definition) is 8. The number of fused-ring (bicyclic) bond motifs is 1. The third-order valence-corrected chi connectivity index (χ3v) is 5.67. The molecule has 0 unspecified atom stereocenters. The molecule has 0 aliphatic carbocycles. The zero-order valence-electron chi connectivity index (χ0n) is 18.7. The zero-order valence-corrected chi connectivity index (χ0v) is 18.7. The van der Waals surface area contributed by atoms with Gasteiger partial charge in [0.2, 0.25) is 11.9 Å². The van der Waals surface area contributed by atoms with Gasteiger partial charge in [-0.2, -0.15) is 0 Å². The first-order valence-electron chi connectivity index (χ1n) is 11.1. The minimum atomic E-state index is -0.581. The molecule has 4 rings (SSSR count). The third-order valence-electron chi connectivity index (χ3n) is 5.67. The summed E-state index contributed by atoms with van der Waals surface area (Å²) in [6.07, 6.45) is 6.61. The highest BCUT2D eigenvalue weighted by atomic mass is 16.5. The molecule has 3 aromatic rings. The molecule has 0 aromatic carbocycles. The Morgan fingerprint density at radius 1 is 1.06 bits per heavy atom. The van der Waals surface area contributed by atoms with Crippen molar-refractivity contribution in [2.75, 3.05) is 44.3 Å². The van der Waals surface area contributed by atoms with Crippen LogP contribution in [-0.2, 0) is 22.5 Å². The van der Waals surface area contributed by atoms with Gasteiger partial charge in [0, 0.05) is 45.1 Å². The fourth-order valence-electron chi connectivity index (χ4n) is 3.67. The van der Waals surface area contributed by atoms with Gasteiger partial charge in [-0.05, 0) is 24.1 Å². The summed E-state index contributed by atoms with van der Waals surface area (Å²) in [6.45, 7) is 6.05. The van der Waals surface area contributed by atoms with Crippen LogP contribution in [0.5, 0.6) is 0 Å². The molecule has 1 aliphatic heterocycles. The van der Waals surface area contributed by atoms with E-state index >= 15 is 0 Å². The van der Waals surface area contributed by atoms with Crippen molar-refractivity contribution in [3.05, 3.63) is 42.1 Å². The van der Waals surface area contributed by atoms with E-state index < -0.39 is 5.91 Å². The number of imidazole rings is 1. The predicted molar refractivity (Wildman–Crippen MR) is 122 cm³/mol. The van der Waals surface area contributed by atoms with Crippen molar-refractivity contribution >= 4 is 28.9 Å². The topological polar surface area (TPSA) is 132 Å². The molecule has 11 nitrogen and oxygen atoms in total. The highest BCUT2D eigenvalue weighted by Gasteiger charge is 2.22. The summed E-state index contributed by atoms with van der Waals surface area (Å²) in [5.41, 5.74) is 7.87. The van der Waals surface area contributed by atoms with Crippen molar-refractivity contribution in [1.29, 1.82) is 0 Å². The van der Waals surface area contributed by atoms with Crippen molar-refractivity contribution in [1.82, 2.24) is 29.4 Å². The molecule has 2 amide bonds. The standard InChI is InChI=1S/C22H28N8O3/c1-2-16-13-24-22(25-14-16)29-8-6-28(7-9-29)19(31)5-11-33-12-10-30-15-26-18-4-3-17(20(23)32)27-21(18)30/h3-4,13-15H,2,5-12H2,1H3,(H2,23,32). The van der Waals surface area contributed by atoms with E-state index in [2.05, 4.69) is 31.8 Å². The summed E-state index contributed by atoms with van der Waals surface area (Å²) in [5.74, 6) is 0.215. The lowest BCUT2D eigenvalue weighted by molar-refractivity contribution is -0.132. The van der Waals surface area contributed by atoms with Crippen LogP contribution in [0.2, 0.25) is 0 Å². The molecule has 1 fully saturated rings. The van der Waals surface area contributed by atoms with Crippen LogP contribution in [0.4, 0.5) is 5.95 Å². The molecule has 0 spiro atoms. The van der Waals surface area contributed by atoms with E-state index in [4.69, 9.17) is 10.5 Å². The molecular formula is C22H28N8O3. The largest absolute Gasteiger partial charge is 0.379 e. The van der Waals surface area contributed by atoms with Crippen LogP contribution in [0.1, 0.15) is 29.4 Å². The lowest BCUT2D eigenvalue weighted by atomic mass is 10.2. The van der Waals surface area contributed by atoms with Crippen LogP contribution in [-0.4, -0.2) is 80.6 Å². The number of nitrogens with two attached hydrogens (primary N) is 1. The molecule has 11 heteroatoms. The van der Waals surface area contributed by atoms with Crippen LogP contribution in [0.3, 0.4) is 0 Å². The van der Waals surface area contributed by atoms with E-state index in [1.807, 2.05) is 17.3 Å². The lowest BCUT2D eigenvalue weighted by Crippen LogP contribution is -2.49. The van der Waals surface area contributed by atoms with Gasteiger partial charge in [0.15, 0.2) is 5.65 Å². The van der Waals surface area contributed by atoms with Crippen molar-refractivity contribution in [3.63, 3.8) is 0 Å². The molecule has 0 bridgehead atoms. The quantitative estimate of drug-likeness (QED) is 0.468. The highest BCUT2D eigenvalue weighted by Crippen LogP contribution is 2.13. The van der Waals surface area contributed by atoms with Crippen molar-refractivity contribution < 1.29 is 14.3 Å². The van der Waals surface area contributed by atoms with E-state index in [-0.39, 0.29) is 11.6 Å². The average molecular weight is 453 g/mol. The number of carbonyl (C=O) groups excluding carboxylic acids is 2. The molecule has 1 aliphatic rings. The summed E-state index contributed by atoms with van der Waals surface area (Å²) in [5, 5.41) is 0. The molecule has 0 atom stereocenters. The molecule has 33 heavy (non-hydrogen) atoms. The van der Waals surface area contributed by atoms with Crippen LogP contribution < -0.4 is 10.6 Å². The van der Waals surface area contributed by atoms with Crippen molar-refractivity contribution in [2.45, 2.75) is 26.3 Å². The van der Waals surface area contributed by atoms with E-state index in [1.165, 1.54) is 0 Å². The van der Waals surface area contributed by atoms with Gasteiger partial charge in [-0.15, -0.1) is 0 Å². The first kappa shape index (κ1) is 22.6. The number of aromatic nitrogens is 5. The van der Waals surface area contributed by atoms with Gasteiger partial charge in [0.1, 0.15) is 11.2 Å². The van der Waals surface area contributed by atoms with Gasteiger partial charge in [-0.25, -0.2) is 19.9 Å². The number of piperazine rings is 1. The summed E-state index contributed by atoms with van der Waals surface area (Å²) in [4.78, 5) is 45.2. The van der Waals surface area contributed by atoms with Gasteiger partial charge in [-0.1, -0.05) is 6.92 Å². The van der Waals surface area contributed by atoms with Crippen LogP contribution in [0.15, 0.2) is 30.9 Å². The zero-order chi connectivity index (χ0) is 23.2. The van der Waals surface area contributed by atoms with Crippen molar-refractivity contribution in [3.8, 4) is 0 Å². The Labute approximate surface area is 191 Å². The summed E-state index contributed by atoms with van der Waals surface area (Å²) >= 11 is 0. The number of anilines is 1. The molecule has 2 N–H and O–H groups in total. The number of carbonyl (C=O) groups is 2. The van der Waals surface area contributed by atoms with Gasteiger partial charge < -0.3 is 24.8 Å². The Morgan fingerprint density at radius 2 is 1.82 bits per heavy atom. The van der Waals surface area contributed by atoms with Crippen LogP contribution in [0.25, 0.3) is 11.2 Å². The Morgan fingerprint density at radius 3 is 2.52 bits per heavy atom. The molecule has 4 heterocycles. The first-order valence-corrected chi connectivity index (χ1v) is 11.1. The Bertz CT molecular complexity index is 1110. The summed E-state index contributed by atoms with van der Waals surface area (Å²) < 4.78 is 7.46. The predicted octanol–water partition coefficient (Wildman–Crippen LogP) is 0.638. The number of aryl methyl sites for hydroxylation is 1. The summed E-state index contributed by atoms with van der Waals surface area (Å²) in [6, 6.07) is 3.27. The fourth-order valence-corrected chi connectivity index (χ4v) is 3.67. The summed E-state index contributed by atoms with van der Waals surface area (Å²) in [7, 11) is 0. The second-order valence-electron chi connectivity index (χ2n) is 7.82. The molecule has 1 saturated heterocycles. The molecule has 0 radical (unpaired) electrons. The molecular weight excluding hydrogens is 424 g/mol. The maximum Gasteiger partial charge on any atom is 0.267 e. The van der Waals surface area contributed by atoms with Gasteiger partial charge in [-0.3, -0.25) is 9.59 Å². The van der Waals surface area contributed by atoms with Crippen LogP contribution in [0, 0.1) is 0 Å². The monoisotopic (exact) mass is 452 g/mol. The second-order valence-corrected chi connectivity index (χ2v) is 7.82. The fraction of sp³-hybridized carbons (Fsp3) is 0.455. The van der Waals surface area contributed by atoms with Crippen molar-refractivity contribution in [2.24, 2.45) is 5.73 Å². The highest BCUT2D eigenvalue weighted by molar-refractivity contribution is 5.92. The van der Waals surface area contributed by atoms with E-state index in [0.29, 0.717) is 69.5 Å². The number of pyridine rings is 1. The number of hydrogen-bond donors (Lipinski definition) is 1. The van der Waals surface area contributed by atoms with E-state index in [9.17, 15) is 9.59 Å². The van der Waals surface area contributed by atoms with Crippen LogP contribution >= 0.6 is 0 Å². The third kappa shape index (κ3) is 5.43. The van der Waals surface area contributed by atoms with E-state index in [1.54, 1.807) is 23.0 Å². The number of amides is 2. The minimum absolute atomic E-state index is 0.0812. The number of rotatable bonds is 9. The smallest absolute Gasteiger partial charge is 0.267 e. The van der Waals surface area contributed by atoms with Gasteiger partial charge in [0.25, 0.3) is 5.91 Å². The lowest BCUT2D eigenvalue weighted by Gasteiger charge is -2.34. The van der Waals surface area contributed by atoms with Gasteiger partial charge in [0.05, 0.1) is 26.0 Å². The Hall–Kier alpha value is -3.60. The maximum atomic E-state index is 12.5. The number of primary amides is 1. The maximum absolute atomic E-state index is 12.5. The Balaban J connectivity index is 1.18. The van der Waals surface area contributed by atoms with Gasteiger partial charge >= 0.3 is 0 Å². The van der Waals surface area contributed by atoms with E-state index in [0.717, 1.165) is 12.0 Å². The number of nitrogens with zero attached hydrogens (tertiary/aromatic N) is 7. The number of ether oxygens (including phenoxy) is 1. The minimum Gasteiger partial charge on any atom is -0.379 e. The molecule has 174 valence electrons. The molecule has 3 aromatic heterocycles.